The van der Waals surface area contributed by atoms with Gasteiger partial charge in [-0.15, -0.1) is 0 Å². The summed E-state index contributed by atoms with van der Waals surface area (Å²) in [5.41, 5.74) is 1.13. The lowest BCUT2D eigenvalue weighted by Gasteiger charge is -2.22. The van der Waals surface area contributed by atoms with Crippen molar-refractivity contribution in [3.8, 4) is 5.69 Å². The van der Waals surface area contributed by atoms with E-state index >= 15 is 0 Å². The molecule has 22 heavy (non-hydrogen) atoms. The normalized spacial score (nSPS) is 11.2. The van der Waals surface area contributed by atoms with Crippen LogP contribution in [0.3, 0.4) is 0 Å². The Labute approximate surface area is 129 Å². The Morgan fingerprint density at radius 3 is 2.73 bits per heavy atom. The van der Waals surface area contributed by atoms with Gasteiger partial charge in [-0.2, -0.15) is 5.10 Å². The summed E-state index contributed by atoms with van der Waals surface area (Å²) in [7, 11) is -3.57. The van der Waals surface area contributed by atoms with E-state index in [-0.39, 0.29) is 12.5 Å². The number of carbonyl (C=O) groups excluding carboxylic acids is 1. The molecule has 0 radical (unpaired) electrons. The van der Waals surface area contributed by atoms with Gasteiger partial charge in [0, 0.05) is 18.9 Å². The number of anilines is 1. The highest BCUT2D eigenvalue weighted by atomic mass is 32.2. The molecular weight excluding hydrogens is 304 g/mol. The molecule has 1 amide bonds. The van der Waals surface area contributed by atoms with E-state index < -0.39 is 10.0 Å². The summed E-state index contributed by atoms with van der Waals surface area (Å²) in [6.45, 7) is 1.97. The van der Waals surface area contributed by atoms with Crippen LogP contribution in [0.2, 0.25) is 0 Å². The quantitative estimate of drug-likeness (QED) is 0.851. The van der Waals surface area contributed by atoms with Crippen LogP contribution in [0.25, 0.3) is 5.69 Å². The molecule has 0 saturated heterocycles. The predicted octanol–water partition coefficient (Wildman–Crippen LogP) is 0.774. The number of carbonyl (C=O) groups is 1. The standard InChI is InChI=1S/C14H18N4O3S/c1-3-15-14(19)11-18(22(2,20)21)13-7-4-6-12(10-13)17-9-5-8-16-17/h4-10H,3,11H2,1-2H3,(H,15,19). The molecule has 1 aromatic carbocycles. The minimum atomic E-state index is -3.57. The van der Waals surface area contributed by atoms with Crippen molar-refractivity contribution in [2.75, 3.05) is 23.7 Å². The average Bonchev–Trinajstić information content (AvgIpc) is 2.98. The SMILES string of the molecule is CCNC(=O)CN(c1cccc(-n2cccn2)c1)S(C)(=O)=O. The molecule has 118 valence electrons. The molecule has 0 fully saturated rings. The smallest absolute Gasteiger partial charge is 0.240 e. The van der Waals surface area contributed by atoms with Gasteiger partial charge in [-0.05, 0) is 31.2 Å². The Hall–Kier alpha value is -2.35. The first-order valence-electron chi connectivity index (χ1n) is 6.76. The summed E-state index contributed by atoms with van der Waals surface area (Å²) in [4.78, 5) is 11.8. The number of likely N-dealkylation sites (N-methyl/N-ethyl adjacent to an activating group) is 1. The number of nitrogens with one attached hydrogen (secondary N) is 1. The van der Waals surface area contributed by atoms with Crippen LogP contribution in [0.1, 0.15) is 6.92 Å². The maximum atomic E-state index is 12.0. The van der Waals surface area contributed by atoms with Crippen LogP contribution >= 0.6 is 0 Å². The number of hydrogen-bond acceptors (Lipinski definition) is 4. The van der Waals surface area contributed by atoms with Crippen molar-refractivity contribution in [1.82, 2.24) is 15.1 Å². The van der Waals surface area contributed by atoms with Crippen molar-refractivity contribution in [3.05, 3.63) is 42.7 Å². The fourth-order valence-electron chi connectivity index (χ4n) is 2.00. The molecule has 0 bridgehead atoms. The Morgan fingerprint density at radius 1 is 1.36 bits per heavy atom. The third-order valence-corrected chi connectivity index (χ3v) is 4.09. The van der Waals surface area contributed by atoms with Crippen molar-refractivity contribution in [3.63, 3.8) is 0 Å². The van der Waals surface area contributed by atoms with Crippen molar-refractivity contribution in [2.45, 2.75) is 6.92 Å². The Bertz CT molecular complexity index is 741. The third kappa shape index (κ3) is 3.85. The molecule has 0 spiro atoms. The summed E-state index contributed by atoms with van der Waals surface area (Å²) in [6, 6.07) is 8.63. The molecule has 2 rings (SSSR count). The number of benzene rings is 1. The van der Waals surface area contributed by atoms with Gasteiger partial charge in [0.2, 0.25) is 15.9 Å². The van der Waals surface area contributed by atoms with Gasteiger partial charge in [0.25, 0.3) is 0 Å². The molecule has 7 nitrogen and oxygen atoms in total. The topological polar surface area (TPSA) is 84.3 Å². The molecule has 1 aromatic heterocycles. The van der Waals surface area contributed by atoms with Gasteiger partial charge in [0.05, 0.1) is 17.6 Å². The van der Waals surface area contributed by atoms with Crippen LogP contribution in [0, 0.1) is 0 Å². The van der Waals surface area contributed by atoms with Gasteiger partial charge in [-0.1, -0.05) is 6.07 Å². The van der Waals surface area contributed by atoms with Crippen LogP contribution in [0.4, 0.5) is 5.69 Å². The third-order valence-electron chi connectivity index (χ3n) is 2.95. The first-order chi connectivity index (χ1) is 10.4. The lowest BCUT2D eigenvalue weighted by Crippen LogP contribution is -2.40. The second-order valence-corrected chi connectivity index (χ2v) is 6.60. The largest absolute Gasteiger partial charge is 0.355 e. The first kappa shape index (κ1) is 16.0. The molecule has 1 heterocycles. The molecule has 0 atom stereocenters. The van der Waals surface area contributed by atoms with Crippen LogP contribution in [0.15, 0.2) is 42.7 Å². The Morgan fingerprint density at radius 2 is 2.14 bits per heavy atom. The molecule has 2 aromatic rings. The highest BCUT2D eigenvalue weighted by Crippen LogP contribution is 2.20. The average molecular weight is 322 g/mol. The number of aromatic nitrogens is 2. The zero-order chi connectivity index (χ0) is 16.2. The van der Waals surface area contributed by atoms with E-state index in [0.29, 0.717) is 17.9 Å². The Balaban J connectivity index is 2.36. The highest BCUT2D eigenvalue weighted by Gasteiger charge is 2.20. The minimum Gasteiger partial charge on any atom is -0.355 e. The van der Waals surface area contributed by atoms with Crippen molar-refractivity contribution >= 4 is 21.6 Å². The fourth-order valence-corrected chi connectivity index (χ4v) is 2.84. The van der Waals surface area contributed by atoms with Crippen molar-refractivity contribution in [1.29, 1.82) is 0 Å². The summed E-state index contributed by atoms with van der Waals surface area (Å²) >= 11 is 0. The van der Waals surface area contributed by atoms with Gasteiger partial charge >= 0.3 is 0 Å². The van der Waals surface area contributed by atoms with E-state index in [1.807, 2.05) is 6.07 Å². The minimum absolute atomic E-state index is 0.255. The zero-order valence-electron chi connectivity index (χ0n) is 12.4. The van der Waals surface area contributed by atoms with E-state index in [4.69, 9.17) is 0 Å². The first-order valence-corrected chi connectivity index (χ1v) is 8.61. The van der Waals surface area contributed by atoms with Gasteiger partial charge in [0.1, 0.15) is 6.54 Å². The molecule has 1 N–H and O–H groups in total. The maximum Gasteiger partial charge on any atom is 0.240 e. The molecule has 0 aliphatic rings. The van der Waals surface area contributed by atoms with E-state index in [2.05, 4.69) is 10.4 Å². The van der Waals surface area contributed by atoms with E-state index in [1.165, 1.54) is 0 Å². The van der Waals surface area contributed by atoms with E-state index in [9.17, 15) is 13.2 Å². The summed E-state index contributed by atoms with van der Waals surface area (Å²) in [5.74, 6) is -0.350. The highest BCUT2D eigenvalue weighted by molar-refractivity contribution is 7.92. The monoisotopic (exact) mass is 322 g/mol. The molecule has 0 aliphatic carbocycles. The van der Waals surface area contributed by atoms with Crippen molar-refractivity contribution < 1.29 is 13.2 Å². The summed E-state index contributed by atoms with van der Waals surface area (Å²) in [6.07, 6.45) is 4.47. The van der Waals surface area contributed by atoms with Crippen LogP contribution in [0.5, 0.6) is 0 Å². The number of nitrogens with zero attached hydrogens (tertiary/aromatic N) is 3. The van der Waals surface area contributed by atoms with Gasteiger partial charge < -0.3 is 5.32 Å². The molecule has 8 heteroatoms. The zero-order valence-corrected chi connectivity index (χ0v) is 13.2. The fraction of sp³-hybridized carbons (Fsp3) is 0.286. The molecule has 0 saturated carbocycles. The molecule has 0 aliphatic heterocycles. The number of rotatable bonds is 6. The van der Waals surface area contributed by atoms with Crippen LogP contribution in [-0.4, -0.2) is 43.5 Å². The molecule has 0 unspecified atom stereocenters. The number of sulfonamides is 1. The van der Waals surface area contributed by atoms with Gasteiger partial charge in [-0.3, -0.25) is 9.10 Å². The number of amides is 1. The predicted molar refractivity (Wildman–Crippen MR) is 84.4 cm³/mol. The summed E-state index contributed by atoms with van der Waals surface area (Å²) in [5, 5.41) is 6.71. The van der Waals surface area contributed by atoms with Crippen molar-refractivity contribution in [2.24, 2.45) is 0 Å². The van der Waals surface area contributed by atoms with E-state index in [1.54, 1.807) is 48.3 Å². The lowest BCUT2D eigenvalue weighted by atomic mass is 10.2. The van der Waals surface area contributed by atoms with Gasteiger partial charge in [-0.25, -0.2) is 13.1 Å². The Kier molecular flexibility index (Phi) is 4.81. The maximum absolute atomic E-state index is 12.0. The second-order valence-electron chi connectivity index (χ2n) is 4.69. The number of hydrogen-bond donors (Lipinski definition) is 1. The van der Waals surface area contributed by atoms with Gasteiger partial charge in [0.15, 0.2) is 0 Å². The summed E-state index contributed by atoms with van der Waals surface area (Å²) < 4.78 is 26.7. The molecular formula is C14H18N4O3S. The second kappa shape index (κ2) is 6.61. The lowest BCUT2D eigenvalue weighted by molar-refractivity contribution is -0.119. The van der Waals surface area contributed by atoms with E-state index in [0.717, 1.165) is 10.6 Å². The van der Waals surface area contributed by atoms with Crippen LogP contribution in [-0.2, 0) is 14.8 Å². The van der Waals surface area contributed by atoms with Crippen LogP contribution < -0.4 is 9.62 Å².